The van der Waals surface area contributed by atoms with Crippen LogP contribution in [0.4, 0.5) is 0 Å². The van der Waals surface area contributed by atoms with Gasteiger partial charge in [-0.2, -0.15) is 0 Å². The third kappa shape index (κ3) is 1.80. The van der Waals surface area contributed by atoms with Crippen molar-refractivity contribution in [3.05, 3.63) is 59.8 Å². The first kappa shape index (κ1) is 10.3. The van der Waals surface area contributed by atoms with Gasteiger partial charge in [-0.25, -0.2) is 0 Å². The number of rotatable bonds is 1. The van der Waals surface area contributed by atoms with Crippen LogP contribution in [0.2, 0.25) is 0 Å². The van der Waals surface area contributed by atoms with E-state index < -0.39 is 0 Å². The molecular formula is C15H16N2. The largest absolute Gasteiger partial charge is 0.329 e. The average molecular weight is 224 g/mol. The van der Waals surface area contributed by atoms with Crippen molar-refractivity contribution in [3.8, 4) is 0 Å². The van der Waals surface area contributed by atoms with Crippen LogP contribution >= 0.6 is 0 Å². The highest BCUT2D eigenvalue weighted by molar-refractivity contribution is 5.95. The highest BCUT2D eigenvalue weighted by atomic mass is 15.2. The van der Waals surface area contributed by atoms with Crippen LogP contribution < -0.4 is 0 Å². The third-order valence-electron chi connectivity index (χ3n) is 3.35. The lowest BCUT2D eigenvalue weighted by atomic mass is 9.99. The maximum Gasteiger partial charge on any atom is 0.128 e. The van der Waals surface area contributed by atoms with Crippen LogP contribution in [0, 0.1) is 0 Å². The molecule has 2 nitrogen and oxygen atoms in total. The SMILES string of the molecule is CCC1N=C2C=CC=CN2Cc2ccccc21. The molecule has 2 heteroatoms. The summed E-state index contributed by atoms with van der Waals surface area (Å²) in [5.74, 6) is 1.08. The summed E-state index contributed by atoms with van der Waals surface area (Å²) < 4.78 is 0. The van der Waals surface area contributed by atoms with Gasteiger partial charge in [0.25, 0.3) is 0 Å². The summed E-state index contributed by atoms with van der Waals surface area (Å²) in [7, 11) is 0. The molecule has 2 aliphatic rings. The molecule has 0 saturated carbocycles. The van der Waals surface area contributed by atoms with E-state index in [2.05, 4.69) is 60.5 Å². The van der Waals surface area contributed by atoms with Gasteiger partial charge in [0.15, 0.2) is 0 Å². The molecule has 0 bridgehead atoms. The van der Waals surface area contributed by atoms with Crippen molar-refractivity contribution >= 4 is 5.84 Å². The fraction of sp³-hybridized carbons (Fsp3) is 0.267. The van der Waals surface area contributed by atoms with Crippen LogP contribution in [0.5, 0.6) is 0 Å². The Hall–Kier alpha value is -1.83. The lowest BCUT2D eigenvalue weighted by Gasteiger charge is -2.20. The second-order valence-electron chi connectivity index (χ2n) is 4.44. The zero-order valence-electron chi connectivity index (χ0n) is 10.0. The molecule has 0 spiro atoms. The minimum absolute atomic E-state index is 0.294. The van der Waals surface area contributed by atoms with Gasteiger partial charge in [-0.05, 0) is 29.7 Å². The van der Waals surface area contributed by atoms with E-state index in [9.17, 15) is 0 Å². The van der Waals surface area contributed by atoms with Crippen molar-refractivity contribution in [1.29, 1.82) is 0 Å². The zero-order chi connectivity index (χ0) is 11.7. The van der Waals surface area contributed by atoms with E-state index in [1.165, 1.54) is 11.1 Å². The summed E-state index contributed by atoms with van der Waals surface area (Å²) >= 11 is 0. The van der Waals surface area contributed by atoms with Gasteiger partial charge in [0.2, 0.25) is 0 Å². The first-order valence-electron chi connectivity index (χ1n) is 6.15. The molecule has 2 aliphatic heterocycles. The highest BCUT2D eigenvalue weighted by Gasteiger charge is 2.20. The molecule has 0 saturated heterocycles. The van der Waals surface area contributed by atoms with E-state index in [4.69, 9.17) is 4.99 Å². The van der Waals surface area contributed by atoms with Crippen molar-refractivity contribution in [3.63, 3.8) is 0 Å². The zero-order valence-corrected chi connectivity index (χ0v) is 10.0. The molecule has 0 N–H and O–H groups in total. The van der Waals surface area contributed by atoms with Gasteiger partial charge in [0.1, 0.15) is 5.84 Å². The Labute approximate surface area is 102 Å². The Balaban J connectivity index is 2.10. The number of hydrogen-bond donors (Lipinski definition) is 0. The van der Waals surface area contributed by atoms with Gasteiger partial charge >= 0.3 is 0 Å². The molecule has 0 aliphatic carbocycles. The molecule has 3 rings (SSSR count). The van der Waals surface area contributed by atoms with Crippen molar-refractivity contribution in [2.75, 3.05) is 0 Å². The minimum Gasteiger partial charge on any atom is -0.329 e. The first-order valence-corrected chi connectivity index (χ1v) is 6.15. The van der Waals surface area contributed by atoms with E-state index in [-0.39, 0.29) is 0 Å². The number of aliphatic imine (C=N–C) groups is 1. The van der Waals surface area contributed by atoms with Crippen LogP contribution in [-0.2, 0) is 6.54 Å². The molecular weight excluding hydrogens is 208 g/mol. The third-order valence-corrected chi connectivity index (χ3v) is 3.35. The number of allylic oxidation sites excluding steroid dienone is 2. The summed E-state index contributed by atoms with van der Waals surface area (Å²) in [5.41, 5.74) is 2.76. The van der Waals surface area contributed by atoms with Crippen molar-refractivity contribution < 1.29 is 0 Å². The van der Waals surface area contributed by atoms with Crippen molar-refractivity contribution in [1.82, 2.24) is 4.90 Å². The Morgan fingerprint density at radius 3 is 3.06 bits per heavy atom. The first-order chi connectivity index (χ1) is 8.38. The van der Waals surface area contributed by atoms with Gasteiger partial charge in [0, 0.05) is 12.7 Å². The highest BCUT2D eigenvalue weighted by Crippen LogP contribution is 2.29. The molecule has 17 heavy (non-hydrogen) atoms. The Kier molecular flexibility index (Phi) is 2.56. The summed E-state index contributed by atoms with van der Waals surface area (Å²) in [6.45, 7) is 3.12. The minimum atomic E-state index is 0.294. The molecule has 0 fully saturated rings. The van der Waals surface area contributed by atoms with Crippen molar-refractivity contribution in [2.45, 2.75) is 25.9 Å². The monoisotopic (exact) mass is 224 g/mol. The molecule has 0 radical (unpaired) electrons. The van der Waals surface area contributed by atoms with Gasteiger partial charge in [0.05, 0.1) is 6.04 Å². The Morgan fingerprint density at radius 1 is 1.29 bits per heavy atom. The predicted octanol–water partition coefficient (Wildman–Crippen LogP) is 3.44. The molecule has 1 atom stereocenters. The molecule has 1 unspecified atom stereocenters. The van der Waals surface area contributed by atoms with Crippen LogP contribution in [0.3, 0.4) is 0 Å². The quantitative estimate of drug-likeness (QED) is 0.713. The molecule has 1 aromatic carbocycles. The fourth-order valence-corrected chi connectivity index (χ4v) is 2.45. The van der Waals surface area contributed by atoms with E-state index in [1.54, 1.807) is 0 Å². The summed E-state index contributed by atoms with van der Waals surface area (Å²) in [6.07, 6.45) is 9.36. The number of hydrogen-bond acceptors (Lipinski definition) is 2. The van der Waals surface area contributed by atoms with Gasteiger partial charge in [-0.1, -0.05) is 37.3 Å². The Bertz CT molecular complexity index is 511. The van der Waals surface area contributed by atoms with Crippen LogP contribution in [0.1, 0.15) is 30.5 Å². The molecule has 2 heterocycles. The lowest BCUT2D eigenvalue weighted by Crippen LogP contribution is -2.24. The summed E-state index contributed by atoms with van der Waals surface area (Å²) in [6, 6.07) is 8.93. The molecule has 0 amide bonds. The van der Waals surface area contributed by atoms with Crippen LogP contribution in [0.25, 0.3) is 0 Å². The topological polar surface area (TPSA) is 15.6 Å². The second-order valence-corrected chi connectivity index (χ2v) is 4.44. The normalized spacial score (nSPS) is 21.6. The Morgan fingerprint density at radius 2 is 2.18 bits per heavy atom. The number of nitrogens with zero attached hydrogens (tertiary/aromatic N) is 2. The smallest absolute Gasteiger partial charge is 0.128 e. The van der Waals surface area contributed by atoms with E-state index >= 15 is 0 Å². The fourth-order valence-electron chi connectivity index (χ4n) is 2.45. The van der Waals surface area contributed by atoms with E-state index in [0.29, 0.717) is 6.04 Å². The van der Waals surface area contributed by atoms with E-state index in [1.807, 2.05) is 0 Å². The van der Waals surface area contributed by atoms with Crippen molar-refractivity contribution in [2.24, 2.45) is 4.99 Å². The van der Waals surface area contributed by atoms with Crippen LogP contribution in [0.15, 0.2) is 53.7 Å². The maximum atomic E-state index is 4.86. The van der Waals surface area contributed by atoms with Gasteiger partial charge in [-0.3, -0.25) is 4.99 Å². The average Bonchev–Trinajstić information content (AvgIpc) is 2.54. The number of fused-ring (bicyclic) bond motifs is 2. The summed E-state index contributed by atoms with van der Waals surface area (Å²) in [5, 5.41) is 0. The standard InChI is InChI=1S/C15H16N2/c1-2-14-13-8-4-3-7-12(13)11-17-10-6-5-9-15(17)16-14/h3-10,14H,2,11H2,1H3. The lowest BCUT2D eigenvalue weighted by molar-refractivity contribution is 0.555. The molecule has 86 valence electrons. The molecule has 0 aromatic heterocycles. The van der Waals surface area contributed by atoms with Crippen LogP contribution in [-0.4, -0.2) is 10.7 Å². The summed E-state index contributed by atoms with van der Waals surface area (Å²) in [4.78, 5) is 7.08. The van der Waals surface area contributed by atoms with Gasteiger partial charge in [-0.15, -0.1) is 0 Å². The van der Waals surface area contributed by atoms with E-state index in [0.717, 1.165) is 18.8 Å². The predicted molar refractivity (Wildman–Crippen MR) is 70.7 cm³/mol. The van der Waals surface area contributed by atoms with Gasteiger partial charge < -0.3 is 4.90 Å². The maximum absolute atomic E-state index is 4.86. The second kappa shape index (κ2) is 4.21. The number of amidine groups is 1. The molecule has 1 aromatic rings. The number of benzene rings is 1.